The molecule has 19 heavy (non-hydrogen) atoms. The topological polar surface area (TPSA) is 75.0 Å². The highest BCUT2D eigenvalue weighted by Crippen LogP contribution is 2.51. The van der Waals surface area contributed by atoms with Gasteiger partial charge < -0.3 is 0 Å². The Bertz CT molecular complexity index is 702. The fourth-order valence-corrected chi connectivity index (χ4v) is 5.25. The molecule has 5 heteroatoms. The van der Waals surface area contributed by atoms with E-state index in [2.05, 4.69) is 6.07 Å². The van der Waals surface area contributed by atoms with Gasteiger partial charge in [0.05, 0.1) is 16.7 Å². The van der Waals surface area contributed by atoms with Crippen LogP contribution >= 0.6 is 0 Å². The molecule has 0 aromatic heterocycles. The average Bonchev–Trinajstić information content (AvgIpc) is 2.90. The fourth-order valence-electron chi connectivity index (χ4n) is 3.31. The summed E-state index contributed by atoms with van der Waals surface area (Å²) in [6, 6.07) is 8.87. The van der Waals surface area contributed by atoms with Crippen LogP contribution in [0.5, 0.6) is 0 Å². The number of benzene rings is 1. The molecule has 0 spiro atoms. The van der Waals surface area contributed by atoms with E-state index in [4.69, 9.17) is 0 Å². The van der Waals surface area contributed by atoms with Gasteiger partial charge in [-0.15, -0.1) is 0 Å². The number of nitrogens with zero attached hydrogens (tertiary/aromatic N) is 1. The van der Waals surface area contributed by atoms with Gasteiger partial charge in [-0.05, 0) is 24.5 Å². The van der Waals surface area contributed by atoms with E-state index >= 15 is 0 Å². The van der Waals surface area contributed by atoms with Crippen LogP contribution in [-0.4, -0.2) is 20.0 Å². The second kappa shape index (κ2) is 3.91. The van der Waals surface area contributed by atoms with Gasteiger partial charge in [0.1, 0.15) is 5.41 Å². The molecule has 1 saturated carbocycles. The van der Waals surface area contributed by atoms with E-state index in [1.54, 1.807) is 24.3 Å². The van der Waals surface area contributed by atoms with Gasteiger partial charge in [0.25, 0.3) is 0 Å². The van der Waals surface area contributed by atoms with Gasteiger partial charge >= 0.3 is 0 Å². The summed E-state index contributed by atoms with van der Waals surface area (Å²) in [6.45, 7) is 0. The van der Waals surface area contributed by atoms with Crippen molar-refractivity contribution in [3.05, 3.63) is 29.8 Å². The second-order valence-electron chi connectivity index (χ2n) is 5.23. The van der Waals surface area contributed by atoms with Crippen molar-refractivity contribution in [2.75, 3.05) is 5.75 Å². The van der Waals surface area contributed by atoms with Gasteiger partial charge in [-0.2, -0.15) is 5.26 Å². The van der Waals surface area contributed by atoms with E-state index in [1.807, 2.05) is 0 Å². The van der Waals surface area contributed by atoms with E-state index in [9.17, 15) is 18.5 Å². The fraction of sp³-hybridized carbons (Fsp3) is 0.429. The minimum atomic E-state index is -3.37. The summed E-state index contributed by atoms with van der Waals surface area (Å²) >= 11 is 0. The Hall–Kier alpha value is -1.67. The van der Waals surface area contributed by atoms with Gasteiger partial charge in [0.2, 0.25) is 0 Å². The monoisotopic (exact) mass is 275 g/mol. The molecule has 1 aromatic carbocycles. The third-order valence-electron chi connectivity index (χ3n) is 4.28. The van der Waals surface area contributed by atoms with Crippen LogP contribution in [0.1, 0.15) is 30.7 Å². The molecule has 3 rings (SSSR count). The first-order chi connectivity index (χ1) is 9.01. The molecule has 0 radical (unpaired) electrons. The molecule has 0 bridgehead atoms. The summed E-state index contributed by atoms with van der Waals surface area (Å²) in [5.41, 5.74) is -0.501. The van der Waals surface area contributed by atoms with E-state index in [1.165, 1.54) is 0 Å². The minimum absolute atomic E-state index is 0.105. The highest BCUT2D eigenvalue weighted by atomic mass is 32.2. The molecule has 1 fully saturated rings. The molecule has 2 aliphatic rings. The number of sulfone groups is 1. The maximum absolute atomic E-state index is 12.2. The maximum atomic E-state index is 12.2. The van der Waals surface area contributed by atoms with Crippen molar-refractivity contribution in [1.29, 1.82) is 5.26 Å². The first-order valence-corrected chi connectivity index (χ1v) is 7.93. The predicted octanol–water partition coefficient (Wildman–Crippen LogP) is 1.82. The Morgan fingerprint density at radius 2 is 2.05 bits per heavy atom. The molecule has 2 atom stereocenters. The Morgan fingerprint density at radius 1 is 1.32 bits per heavy atom. The zero-order valence-electron chi connectivity index (χ0n) is 10.3. The van der Waals surface area contributed by atoms with E-state index < -0.39 is 21.2 Å². The summed E-state index contributed by atoms with van der Waals surface area (Å²) in [7, 11) is -3.37. The molecule has 4 nitrogen and oxygen atoms in total. The number of hydrogen-bond donors (Lipinski definition) is 0. The van der Waals surface area contributed by atoms with Gasteiger partial charge in [0, 0.05) is 12.3 Å². The molecular weight excluding hydrogens is 262 g/mol. The van der Waals surface area contributed by atoms with Crippen molar-refractivity contribution >= 4 is 15.6 Å². The highest BCUT2D eigenvalue weighted by Gasteiger charge is 2.54. The summed E-state index contributed by atoms with van der Waals surface area (Å²) in [5, 5.41) is 9.48. The average molecular weight is 275 g/mol. The minimum Gasteiger partial charge on any atom is -0.298 e. The lowest BCUT2D eigenvalue weighted by molar-refractivity contribution is -0.124. The molecule has 2 unspecified atom stereocenters. The molecule has 1 aromatic rings. The molecule has 98 valence electrons. The van der Waals surface area contributed by atoms with Crippen LogP contribution in [0.3, 0.4) is 0 Å². The van der Waals surface area contributed by atoms with Crippen molar-refractivity contribution in [3.8, 4) is 6.07 Å². The number of Topliss-reactive ketones (excluding diaryl/α,β-unsaturated/α-hetero) is 1. The number of hydrogen-bond acceptors (Lipinski definition) is 4. The predicted molar refractivity (Wildman–Crippen MR) is 68.1 cm³/mol. The van der Waals surface area contributed by atoms with E-state index in [0.29, 0.717) is 24.8 Å². The molecule has 0 N–H and O–H groups in total. The standard InChI is InChI=1S/C14H13NO3S/c15-9-14(7-3-6-13(14)16)11-8-19(17,18)12-5-2-1-4-10(11)12/h1-2,4-5,11H,3,6-8H2. The molecule has 0 saturated heterocycles. The van der Waals surface area contributed by atoms with Crippen LogP contribution in [-0.2, 0) is 14.6 Å². The summed E-state index contributed by atoms with van der Waals surface area (Å²) in [5.74, 6) is -0.730. The Balaban J connectivity index is 2.20. The molecule has 1 heterocycles. The second-order valence-corrected chi connectivity index (χ2v) is 7.23. The Morgan fingerprint density at radius 3 is 2.68 bits per heavy atom. The van der Waals surface area contributed by atoms with Gasteiger partial charge in [-0.25, -0.2) is 8.42 Å². The number of fused-ring (bicyclic) bond motifs is 1. The lowest BCUT2D eigenvalue weighted by atomic mass is 9.72. The van der Waals surface area contributed by atoms with Crippen molar-refractivity contribution in [2.45, 2.75) is 30.1 Å². The number of carbonyl (C=O) groups excluding carboxylic acids is 1. The van der Waals surface area contributed by atoms with Crippen LogP contribution in [0.2, 0.25) is 0 Å². The number of nitriles is 1. The molecule has 1 aliphatic heterocycles. The van der Waals surface area contributed by atoms with E-state index in [0.717, 1.165) is 0 Å². The van der Waals surface area contributed by atoms with Crippen molar-refractivity contribution < 1.29 is 13.2 Å². The lowest BCUT2D eigenvalue weighted by Crippen LogP contribution is -2.32. The maximum Gasteiger partial charge on any atom is 0.179 e. The first-order valence-electron chi connectivity index (χ1n) is 6.27. The van der Waals surface area contributed by atoms with Crippen molar-refractivity contribution in [1.82, 2.24) is 0 Å². The first kappa shape index (κ1) is 12.4. The third kappa shape index (κ3) is 1.56. The number of carbonyl (C=O) groups is 1. The zero-order valence-corrected chi connectivity index (χ0v) is 11.1. The SMILES string of the molecule is N#CC1(C2CS(=O)(=O)c3ccccc32)CCCC1=O. The third-order valence-corrected chi connectivity index (χ3v) is 6.10. The Labute approximate surface area is 112 Å². The number of ketones is 1. The van der Waals surface area contributed by atoms with Gasteiger partial charge in [-0.1, -0.05) is 18.2 Å². The summed E-state index contributed by atoms with van der Waals surface area (Å²) < 4.78 is 24.3. The largest absolute Gasteiger partial charge is 0.298 e. The lowest BCUT2D eigenvalue weighted by Gasteiger charge is -2.26. The molecule has 0 amide bonds. The van der Waals surface area contributed by atoms with Crippen LogP contribution < -0.4 is 0 Å². The van der Waals surface area contributed by atoms with Crippen LogP contribution in [0, 0.1) is 16.7 Å². The van der Waals surface area contributed by atoms with Crippen LogP contribution in [0.25, 0.3) is 0 Å². The highest BCUT2D eigenvalue weighted by molar-refractivity contribution is 7.91. The van der Waals surface area contributed by atoms with Gasteiger partial charge in [0.15, 0.2) is 15.6 Å². The zero-order chi connectivity index (χ0) is 13.7. The van der Waals surface area contributed by atoms with Gasteiger partial charge in [-0.3, -0.25) is 4.79 Å². The van der Waals surface area contributed by atoms with E-state index in [-0.39, 0.29) is 16.4 Å². The summed E-state index contributed by atoms with van der Waals surface area (Å²) in [6.07, 6.45) is 1.52. The van der Waals surface area contributed by atoms with Crippen molar-refractivity contribution in [3.63, 3.8) is 0 Å². The molecular formula is C14H13NO3S. The smallest absolute Gasteiger partial charge is 0.179 e. The summed E-state index contributed by atoms with van der Waals surface area (Å²) in [4.78, 5) is 12.4. The quantitative estimate of drug-likeness (QED) is 0.783. The van der Waals surface area contributed by atoms with Crippen LogP contribution in [0.15, 0.2) is 29.2 Å². The van der Waals surface area contributed by atoms with Crippen LogP contribution in [0.4, 0.5) is 0 Å². The Kier molecular flexibility index (Phi) is 2.55. The van der Waals surface area contributed by atoms with Crippen molar-refractivity contribution in [2.24, 2.45) is 5.41 Å². The normalized spacial score (nSPS) is 31.9. The number of rotatable bonds is 1. The molecule has 1 aliphatic carbocycles.